The van der Waals surface area contributed by atoms with Crippen molar-refractivity contribution in [3.05, 3.63) is 105 Å². The quantitative estimate of drug-likeness (QED) is 0.521. The number of aromatic nitrogens is 3. The molecule has 4 rings (SSSR count). The summed E-state index contributed by atoms with van der Waals surface area (Å²) in [6.45, 7) is 3.97. The molecule has 0 saturated carbocycles. The number of hydrogen-bond acceptors (Lipinski definition) is 5. The van der Waals surface area contributed by atoms with Gasteiger partial charge >= 0.3 is 0 Å². The van der Waals surface area contributed by atoms with Crippen molar-refractivity contribution in [1.82, 2.24) is 14.5 Å². The van der Waals surface area contributed by atoms with Crippen molar-refractivity contribution < 1.29 is 9.90 Å². The Morgan fingerprint density at radius 2 is 1.83 bits per heavy atom. The molecule has 4 aromatic rings. The Morgan fingerprint density at radius 1 is 1.07 bits per heavy atom. The summed E-state index contributed by atoms with van der Waals surface area (Å²) in [7, 11) is 0. The van der Waals surface area contributed by atoms with Gasteiger partial charge in [0, 0.05) is 29.0 Å². The Kier molecular flexibility index (Phi) is 5.25. The van der Waals surface area contributed by atoms with Gasteiger partial charge in [0.2, 0.25) is 5.43 Å². The maximum atomic E-state index is 13.2. The van der Waals surface area contributed by atoms with Crippen LogP contribution in [0.4, 0.5) is 0 Å². The fourth-order valence-electron chi connectivity index (χ4n) is 3.44. The van der Waals surface area contributed by atoms with E-state index in [0.717, 1.165) is 17.0 Å². The third-order valence-electron chi connectivity index (χ3n) is 5.19. The molecule has 3 aromatic heterocycles. The van der Waals surface area contributed by atoms with Crippen molar-refractivity contribution in [3.63, 3.8) is 0 Å². The minimum atomic E-state index is -0.354. The van der Waals surface area contributed by atoms with Crippen LogP contribution in [0, 0.1) is 13.8 Å². The van der Waals surface area contributed by atoms with Gasteiger partial charge in [-0.05, 0) is 49.7 Å². The highest BCUT2D eigenvalue weighted by molar-refractivity contribution is 6.10. The van der Waals surface area contributed by atoms with Crippen LogP contribution in [-0.4, -0.2) is 25.4 Å². The number of carbonyl (C=O) groups is 1. The lowest BCUT2D eigenvalue weighted by Crippen LogP contribution is -2.20. The van der Waals surface area contributed by atoms with E-state index in [1.807, 2.05) is 42.7 Å². The number of carbonyl (C=O) groups excluding carboxylic acids is 1. The first-order valence-corrected chi connectivity index (χ1v) is 9.63. The molecule has 0 atom stereocenters. The molecule has 0 aliphatic carbocycles. The minimum Gasteiger partial charge on any atom is -0.390 e. The van der Waals surface area contributed by atoms with E-state index in [9.17, 15) is 14.7 Å². The third kappa shape index (κ3) is 3.65. The molecule has 3 heterocycles. The van der Waals surface area contributed by atoms with Gasteiger partial charge in [-0.25, -0.2) is 0 Å². The molecule has 0 radical (unpaired) electrons. The van der Waals surface area contributed by atoms with Gasteiger partial charge in [0.15, 0.2) is 5.78 Å². The number of para-hydroxylation sites is 1. The Bertz CT molecular complexity index is 1330. The lowest BCUT2D eigenvalue weighted by Gasteiger charge is -2.13. The van der Waals surface area contributed by atoms with Crippen molar-refractivity contribution in [2.75, 3.05) is 0 Å². The molecular weight excluding hydrogens is 378 g/mol. The normalized spacial score (nSPS) is 11.0. The average Bonchev–Trinajstić information content (AvgIpc) is 2.77. The van der Waals surface area contributed by atoms with Crippen LogP contribution >= 0.6 is 0 Å². The van der Waals surface area contributed by atoms with Gasteiger partial charge in [-0.3, -0.25) is 19.6 Å². The molecule has 150 valence electrons. The molecule has 6 heteroatoms. The smallest absolute Gasteiger partial charge is 0.200 e. The summed E-state index contributed by atoms with van der Waals surface area (Å²) >= 11 is 0. The zero-order valence-corrected chi connectivity index (χ0v) is 16.8. The van der Waals surface area contributed by atoms with E-state index in [0.29, 0.717) is 28.7 Å². The molecule has 1 aromatic carbocycles. The first-order chi connectivity index (χ1) is 14.5. The van der Waals surface area contributed by atoms with Crippen LogP contribution in [0.3, 0.4) is 0 Å². The number of rotatable bonds is 5. The van der Waals surface area contributed by atoms with Crippen LogP contribution in [0.25, 0.3) is 10.9 Å². The molecule has 0 saturated heterocycles. The maximum Gasteiger partial charge on any atom is 0.200 e. The molecule has 0 spiro atoms. The standard InChI is InChI=1S/C24H21N3O3/c1-15-10-17(11-25-16(15)2)23(29)21-13-27(12-18-6-5-7-19(14-28)26-18)22-9-4-3-8-20(22)24(21)30/h3-11,13,28H,12,14H2,1-2H3. The van der Waals surface area contributed by atoms with E-state index < -0.39 is 0 Å². The zero-order chi connectivity index (χ0) is 21.3. The van der Waals surface area contributed by atoms with Gasteiger partial charge in [0.05, 0.1) is 35.6 Å². The number of hydrogen-bond donors (Lipinski definition) is 1. The lowest BCUT2D eigenvalue weighted by molar-refractivity contribution is 0.103. The molecule has 0 bridgehead atoms. The highest BCUT2D eigenvalue weighted by Crippen LogP contribution is 2.17. The highest BCUT2D eigenvalue weighted by atomic mass is 16.3. The summed E-state index contributed by atoms with van der Waals surface area (Å²) in [5, 5.41) is 9.83. The van der Waals surface area contributed by atoms with Crippen LogP contribution in [0.5, 0.6) is 0 Å². The molecule has 30 heavy (non-hydrogen) atoms. The van der Waals surface area contributed by atoms with Crippen LogP contribution in [0.15, 0.2) is 65.7 Å². The number of benzene rings is 1. The zero-order valence-electron chi connectivity index (χ0n) is 16.8. The predicted molar refractivity (Wildman–Crippen MR) is 115 cm³/mol. The van der Waals surface area contributed by atoms with E-state index >= 15 is 0 Å². The number of pyridine rings is 3. The van der Waals surface area contributed by atoms with Gasteiger partial charge in [0.1, 0.15) is 0 Å². The van der Waals surface area contributed by atoms with Gasteiger partial charge in [-0.1, -0.05) is 18.2 Å². The first-order valence-electron chi connectivity index (χ1n) is 9.63. The highest BCUT2D eigenvalue weighted by Gasteiger charge is 2.18. The summed E-state index contributed by atoms with van der Waals surface area (Å²) in [6, 6.07) is 14.4. The fraction of sp³-hybridized carbons (Fsp3) is 0.167. The Hall–Kier alpha value is -3.64. The summed E-state index contributed by atoms with van der Waals surface area (Å²) in [5.41, 5.74) is 3.92. The molecule has 6 nitrogen and oxygen atoms in total. The largest absolute Gasteiger partial charge is 0.390 e. The molecule has 0 unspecified atom stereocenters. The second-order valence-electron chi connectivity index (χ2n) is 7.25. The lowest BCUT2D eigenvalue weighted by atomic mass is 10.0. The second-order valence-corrected chi connectivity index (χ2v) is 7.25. The molecule has 1 N–H and O–H groups in total. The molecule has 0 fully saturated rings. The van der Waals surface area contributed by atoms with E-state index in [1.165, 1.54) is 6.20 Å². The molecule has 0 aliphatic heterocycles. The van der Waals surface area contributed by atoms with Crippen LogP contribution < -0.4 is 5.43 Å². The van der Waals surface area contributed by atoms with Crippen molar-refractivity contribution in [2.45, 2.75) is 27.0 Å². The van der Waals surface area contributed by atoms with Gasteiger partial charge in [-0.2, -0.15) is 0 Å². The average molecular weight is 399 g/mol. The first kappa shape index (κ1) is 19.7. The Morgan fingerprint density at radius 3 is 2.60 bits per heavy atom. The molecule has 0 aliphatic rings. The number of nitrogens with zero attached hydrogens (tertiary/aromatic N) is 3. The maximum absolute atomic E-state index is 13.2. The van der Waals surface area contributed by atoms with Gasteiger partial charge in [-0.15, -0.1) is 0 Å². The van der Waals surface area contributed by atoms with Crippen molar-refractivity contribution in [2.24, 2.45) is 0 Å². The van der Waals surface area contributed by atoms with Crippen molar-refractivity contribution in [3.8, 4) is 0 Å². The summed E-state index contributed by atoms with van der Waals surface area (Å²) in [5.74, 6) is -0.354. The van der Waals surface area contributed by atoms with Gasteiger partial charge in [0.25, 0.3) is 0 Å². The van der Waals surface area contributed by atoms with Gasteiger partial charge < -0.3 is 9.67 Å². The molecule has 0 amide bonds. The van der Waals surface area contributed by atoms with Crippen molar-refractivity contribution >= 4 is 16.7 Å². The van der Waals surface area contributed by atoms with Crippen LogP contribution in [0.1, 0.15) is 38.6 Å². The monoisotopic (exact) mass is 399 g/mol. The van der Waals surface area contributed by atoms with Crippen LogP contribution in [-0.2, 0) is 13.2 Å². The summed E-state index contributed by atoms with van der Waals surface area (Å²) < 4.78 is 1.85. The predicted octanol–water partition coefficient (Wildman–Crippen LogP) is 3.18. The topological polar surface area (TPSA) is 85.1 Å². The minimum absolute atomic E-state index is 0.0945. The third-order valence-corrected chi connectivity index (χ3v) is 5.19. The molecular formula is C24H21N3O3. The number of fused-ring (bicyclic) bond motifs is 1. The summed E-state index contributed by atoms with van der Waals surface area (Å²) in [6.07, 6.45) is 3.10. The summed E-state index contributed by atoms with van der Waals surface area (Å²) in [4.78, 5) is 35.0. The Balaban J connectivity index is 1.86. The number of aryl methyl sites for hydroxylation is 2. The second kappa shape index (κ2) is 8.00. The number of aliphatic hydroxyl groups excluding tert-OH is 1. The van der Waals surface area contributed by atoms with E-state index in [1.54, 1.807) is 30.5 Å². The van der Waals surface area contributed by atoms with E-state index in [2.05, 4.69) is 9.97 Å². The Labute approximate surface area is 173 Å². The number of ketones is 1. The van der Waals surface area contributed by atoms with Crippen LogP contribution in [0.2, 0.25) is 0 Å². The fourth-order valence-corrected chi connectivity index (χ4v) is 3.44. The number of aliphatic hydroxyl groups is 1. The van der Waals surface area contributed by atoms with E-state index in [4.69, 9.17) is 0 Å². The van der Waals surface area contributed by atoms with E-state index in [-0.39, 0.29) is 23.4 Å². The SMILES string of the molecule is Cc1cc(C(=O)c2cn(Cc3cccc(CO)n3)c3ccccc3c2=O)cnc1C. The van der Waals surface area contributed by atoms with Crippen molar-refractivity contribution in [1.29, 1.82) is 0 Å².